The summed E-state index contributed by atoms with van der Waals surface area (Å²) in [6, 6.07) is 7.34. The topological polar surface area (TPSA) is 156 Å². The SMILES string of the molecule is CC(C)Oc1ccc(CN2C(=O)[C@@H](N)CS(=O)(=O)c3cc(F)c(C(=O)NC45CCC(C(=O)O)(CC4)C5)cc32)cc1. The Labute approximate surface area is 231 Å². The number of hydrogen-bond donors (Lipinski definition) is 3. The molecule has 2 saturated carbocycles. The molecule has 0 spiro atoms. The molecule has 2 amide bonds. The first kappa shape index (κ1) is 28.0. The van der Waals surface area contributed by atoms with E-state index >= 15 is 4.39 Å². The molecular weight excluding hydrogens is 541 g/mol. The van der Waals surface area contributed by atoms with Crippen molar-refractivity contribution in [3.8, 4) is 5.75 Å². The van der Waals surface area contributed by atoms with Crippen molar-refractivity contribution in [2.24, 2.45) is 11.1 Å². The van der Waals surface area contributed by atoms with Crippen molar-refractivity contribution in [1.82, 2.24) is 5.32 Å². The second kappa shape index (κ2) is 9.84. The van der Waals surface area contributed by atoms with Crippen LogP contribution in [0.2, 0.25) is 0 Å². The molecule has 214 valence electrons. The van der Waals surface area contributed by atoms with Crippen molar-refractivity contribution in [3.05, 3.63) is 53.3 Å². The molecule has 3 aliphatic rings. The maximum Gasteiger partial charge on any atom is 0.309 e. The zero-order valence-electron chi connectivity index (χ0n) is 22.3. The number of carbonyl (C=O) groups excluding carboxylic acids is 2. The molecule has 1 aliphatic heterocycles. The van der Waals surface area contributed by atoms with Crippen LogP contribution in [0.4, 0.5) is 10.1 Å². The first-order chi connectivity index (χ1) is 18.7. The van der Waals surface area contributed by atoms with E-state index in [0.29, 0.717) is 37.0 Å². The Kier molecular flexibility index (Phi) is 6.90. The largest absolute Gasteiger partial charge is 0.491 e. The Morgan fingerprint density at radius 2 is 1.82 bits per heavy atom. The molecule has 2 aliphatic carbocycles. The molecule has 2 bridgehead atoms. The highest BCUT2D eigenvalue weighted by Crippen LogP contribution is 2.56. The third-order valence-electron chi connectivity index (χ3n) is 8.21. The van der Waals surface area contributed by atoms with Crippen molar-refractivity contribution in [3.63, 3.8) is 0 Å². The molecule has 0 radical (unpaired) electrons. The number of nitrogens with zero attached hydrogens (tertiary/aromatic N) is 1. The predicted octanol–water partition coefficient (Wildman–Crippen LogP) is 2.78. The van der Waals surface area contributed by atoms with Crippen LogP contribution in [0.1, 0.15) is 61.9 Å². The Balaban J connectivity index is 1.50. The Morgan fingerprint density at radius 1 is 1.18 bits per heavy atom. The second-order valence-corrected chi connectivity index (χ2v) is 13.4. The summed E-state index contributed by atoms with van der Waals surface area (Å²) >= 11 is 0. The normalized spacial score (nSPS) is 26.9. The van der Waals surface area contributed by atoms with Gasteiger partial charge in [-0.3, -0.25) is 14.4 Å². The van der Waals surface area contributed by atoms with Gasteiger partial charge in [0.05, 0.1) is 46.0 Å². The van der Waals surface area contributed by atoms with E-state index < -0.39 is 66.6 Å². The molecule has 0 unspecified atom stereocenters. The average molecular weight is 574 g/mol. The number of halogens is 1. The summed E-state index contributed by atoms with van der Waals surface area (Å²) in [5.41, 5.74) is 4.35. The molecule has 2 fully saturated rings. The molecule has 1 atom stereocenters. The van der Waals surface area contributed by atoms with Crippen LogP contribution in [0.5, 0.6) is 5.75 Å². The number of amides is 2. The summed E-state index contributed by atoms with van der Waals surface area (Å²) in [5.74, 6) is -3.53. The van der Waals surface area contributed by atoms with Crippen LogP contribution < -0.4 is 20.7 Å². The number of anilines is 1. The van der Waals surface area contributed by atoms with Crippen molar-refractivity contribution in [2.45, 2.75) is 75.1 Å². The van der Waals surface area contributed by atoms with Gasteiger partial charge in [0, 0.05) is 5.54 Å². The first-order valence-electron chi connectivity index (χ1n) is 13.2. The van der Waals surface area contributed by atoms with E-state index in [1.807, 2.05) is 13.8 Å². The highest BCUT2D eigenvalue weighted by molar-refractivity contribution is 7.91. The number of ether oxygens (including phenoxy) is 1. The number of benzene rings is 2. The Bertz CT molecular complexity index is 1480. The van der Waals surface area contributed by atoms with E-state index in [4.69, 9.17) is 10.5 Å². The quantitative estimate of drug-likeness (QED) is 0.457. The number of fused-ring (bicyclic) bond motifs is 3. The van der Waals surface area contributed by atoms with Gasteiger partial charge in [0.2, 0.25) is 5.91 Å². The molecule has 5 rings (SSSR count). The standard InChI is InChI=1S/C28H32FN3O7S/c1-16(2)39-18-5-3-17(4-6-18)13-32-22-11-19(20(29)12-23(22)40(37,38)14-21(30)25(32)34)24(33)31-28-9-7-27(15-28,8-10-28)26(35)36/h3-6,11-12,16,21H,7-10,13-15,30H2,1-2H3,(H,31,33)(H,35,36)/t21-,27?,28?/m0/s1. The lowest BCUT2D eigenvalue weighted by molar-refractivity contribution is -0.148. The zero-order valence-corrected chi connectivity index (χ0v) is 23.1. The minimum absolute atomic E-state index is 0.0406. The molecule has 10 nitrogen and oxygen atoms in total. The molecule has 2 aromatic rings. The van der Waals surface area contributed by atoms with Crippen molar-refractivity contribution < 1.29 is 37.0 Å². The summed E-state index contributed by atoms with van der Waals surface area (Å²) in [6.45, 7) is 3.70. The summed E-state index contributed by atoms with van der Waals surface area (Å²) < 4.78 is 47.2. The molecule has 1 heterocycles. The van der Waals surface area contributed by atoms with Gasteiger partial charge in [-0.15, -0.1) is 0 Å². The van der Waals surface area contributed by atoms with Crippen LogP contribution in [-0.4, -0.2) is 54.7 Å². The number of aliphatic carboxylic acids is 1. The molecule has 40 heavy (non-hydrogen) atoms. The predicted molar refractivity (Wildman–Crippen MR) is 143 cm³/mol. The monoisotopic (exact) mass is 573 g/mol. The fourth-order valence-electron chi connectivity index (χ4n) is 6.16. The van der Waals surface area contributed by atoms with Crippen LogP contribution in [0.15, 0.2) is 41.3 Å². The van der Waals surface area contributed by atoms with Gasteiger partial charge in [0.1, 0.15) is 11.6 Å². The smallest absolute Gasteiger partial charge is 0.309 e. The van der Waals surface area contributed by atoms with E-state index in [0.717, 1.165) is 17.0 Å². The fraction of sp³-hybridized carbons (Fsp3) is 0.464. The lowest BCUT2D eigenvalue weighted by atomic mass is 9.84. The van der Waals surface area contributed by atoms with Crippen molar-refractivity contribution in [2.75, 3.05) is 10.7 Å². The lowest BCUT2D eigenvalue weighted by Gasteiger charge is -2.29. The van der Waals surface area contributed by atoms with Gasteiger partial charge in [-0.1, -0.05) is 12.1 Å². The molecule has 2 aromatic carbocycles. The molecule has 4 N–H and O–H groups in total. The van der Waals surface area contributed by atoms with Gasteiger partial charge in [-0.05, 0) is 75.8 Å². The molecule has 0 saturated heterocycles. The van der Waals surface area contributed by atoms with Crippen molar-refractivity contribution in [1.29, 1.82) is 0 Å². The van der Waals surface area contributed by atoms with E-state index in [-0.39, 0.29) is 24.8 Å². The third kappa shape index (κ3) is 4.94. The average Bonchev–Trinajstić information content (AvgIpc) is 3.43. The van der Waals surface area contributed by atoms with Gasteiger partial charge in [-0.2, -0.15) is 0 Å². The fourth-order valence-corrected chi connectivity index (χ4v) is 7.73. The molecule has 12 heteroatoms. The van der Waals surface area contributed by atoms with Crippen LogP contribution in [0.3, 0.4) is 0 Å². The number of sulfone groups is 1. The number of rotatable bonds is 7. The van der Waals surface area contributed by atoms with E-state index in [1.165, 1.54) is 0 Å². The number of nitrogens with two attached hydrogens (primary N) is 1. The summed E-state index contributed by atoms with van der Waals surface area (Å²) in [4.78, 5) is 39.2. The number of hydrogen-bond acceptors (Lipinski definition) is 7. The van der Waals surface area contributed by atoms with Crippen LogP contribution in [0, 0.1) is 11.2 Å². The van der Waals surface area contributed by atoms with Crippen molar-refractivity contribution >= 4 is 33.3 Å². The van der Waals surface area contributed by atoms with E-state index in [9.17, 15) is 27.9 Å². The number of nitrogens with one attached hydrogen (secondary N) is 1. The van der Waals surface area contributed by atoms with Crippen LogP contribution in [-0.2, 0) is 26.0 Å². The van der Waals surface area contributed by atoms with E-state index in [2.05, 4.69) is 5.32 Å². The number of carboxylic acids is 1. The first-order valence-corrected chi connectivity index (χ1v) is 14.8. The lowest BCUT2D eigenvalue weighted by Crippen LogP contribution is -2.46. The minimum Gasteiger partial charge on any atom is -0.491 e. The van der Waals surface area contributed by atoms with Gasteiger partial charge < -0.3 is 25.8 Å². The summed E-state index contributed by atoms with van der Waals surface area (Å²) in [7, 11) is -4.17. The zero-order chi connectivity index (χ0) is 29.0. The summed E-state index contributed by atoms with van der Waals surface area (Å²) in [6.07, 6.45) is 1.92. The van der Waals surface area contributed by atoms with Gasteiger partial charge in [-0.25, -0.2) is 12.8 Å². The van der Waals surface area contributed by atoms with E-state index in [1.54, 1.807) is 24.3 Å². The Morgan fingerprint density at radius 3 is 2.40 bits per heavy atom. The highest BCUT2D eigenvalue weighted by atomic mass is 32.2. The van der Waals surface area contributed by atoms with Gasteiger partial charge in [0.25, 0.3) is 5.91 Å². The minimum atomic E-state index is -4.17. The number of carboxylic acid groups (broad SMARTS) is 1. The van der Waals surface area contributed by atoms with Crippen LogP contribution >= 0.6 is 0 Å². The highest BCUT2D eigenvalue weighted by Gasteiger charge is 2.59. The van der Waals surface area contributed by atoms with Crippen LogP contribution in [0.25, 0.3) is 0 Å². The Hall–Kier alpha value is -3.51. The van der Waals surface area contributed by atoms with Gasteiger partial charge >= 0.3 is 5.97 Å². The third-order valence-corrected chi connectivity index (χ3v) is 10.0. The second-order valence-electron chi connectivity index (χ2n) is 11.4. The molecule has 0 aromatic heterocycles. The maximum absolute atomic E-state index is 15.3. The summed E-state index contributed by atoms with van der Waals surface area (Å²) in [5, 5.41) is 12.5. The number of carbonyl (C=O) groups is 3. The van der Waals surface area contributed by atoms with Gasteiger partial charge in [0.15, 0.2) is 9.84 Å². The maximum atomic E-state index is 15.3. The molecular formula is C28H32FN3O7S.